The molecule has 0 spiro atoms. The van der Waals surface area contributed by atoms with Gasteiger partial charge in [-0.05, 0) is 26.2 Å². The van der Waals surface area contributed by atoms with E-state index in [0.29, 0.717) is 17.7 Å². The zero-order chi connectivity index (χ0) is 11.4. The smallest absolute Gasteiger partial charge is 0.100 e. The van der Waals surface area contributed by atoms with Crippen LogP contribution < -0.4 is 0 Å². The van der Waals surface area contributed by atoms with Gasteiger partial charge in [-0.15, -0.1) is 0 Å². The van der Waals surface area contributed by atoms with Crippen molar-refractivity contribution in [3.63, 3.8) is 0 Å². The summed E-state index contributed by atoms with van der Waals surface area (Å²) in [5, 5.41) is 10.9. The largest absolute Gasteiger partial charge is 0.386 e. The number of hydrogen-bond acceptors (Lipinski definition) is 2. The van der Waals surface area contributed by atoms with Crippen LogP contribution in [0.25, 0.3) is 0 Å². The summed E-state index contributed by atoms with van der Waals surface area (Å²) >= 11 is 3.36. The van der Waals surface area contributed by atoms with Crippen molar-refractivity contribution in [2.75, 3.05) is 5.33 Å². The molecule has 0 radical (unpaired) electrons. The molecule has 2 atom stereocenters. The molecular weight excluding hydrogens is 244 g/mol. The van der Waals surface area contributed by atoms with E-state index in [4.69, 9.17) is 4.74 Å². The minimum atomic E-state index is -0.752. The third-order valence-electron chi connectivity index (χ3n) is 2.40. The van der Waals surface area contributed by atoms with Crippen molar-refractivity contribution in [2.24, 2.45) is 5.92 Å². The summed E-state index contributed by atoms with van der Waals surface area (Å²) in [7, 11) is 0. The molecule has 2 unspecified atom stereocenters. The lowest BCUT2D eigenvalue weighted by atomic mass is 9.88. The lowest BCUT2D eigenvalue weighted by Crippen LogP contribution is -2.49. The summed E-state index contributed by atoms with van der Waals surface area (Å²) in [5.74, 6) is 0.319. The normalized spacial score (nSPS) is 18.6. The van der Waals surface area contributed by atoms with Gasteiger partial charge in [0.05, 0.1) is 12.2 Å². The fraction of sp³-hybridized carbons (Fsp3) is 1.00. The Bertz CT molecular complexity index is 153. The number of ether oxygens (including phenoxy) is 1. The highest BCUT2D eigenvalue weighted by Gasteiger charge is 2.37. The summed E-state index contributed by atoms with van der Waals surface area (Å²) in [6, 6.07) is 0. The van der Waals surface area contributed by atoms with E-state index < -0.39 is 5.60 Å². The summed E-state index contributed by atoms with van der Waals surface area (Å²) in [5.41, 5.74) is -0.752. The quantitative estimate of drug-likeness (QED) is 0.750. The molecule has 1 N–H and O–H groups in total. The first-order valence-corrected chi connectivity index (χ1v) is 6.43. The lowest BCUT2D eigenvalue weighted by Gasteiger charge is -2.37. The number of halogens is 1. The summed E-state index contributed by atoms with van der Waals surface area (Å²) < 4.78 is 5.78. The van der Waals surface area contributed by atoms with Gasteiger partial charge in [0.2, 0.25) is 0 Å². The van der Waals surface area contributed by atoms with Crippen molar-refractivity contribution in [2.45, 2.75) is 58.8 Å². The number of rotatable bonds is 6. The van der Waals surface area contributed by atoms with Crippen LogP contribution in [0.2, 0.25) is 0 Å². The van der Waals surface area contributed by atoms with Gasteiger partial charge in [-0.25, -0.2) is 0 Å². The Morgan fingerprint density at radius 2 is 1.79 bits per heavy atom. The van der Waals surface area contributed by atoms with E-state index in [9.17, 15) is 5.11 Å². The van der Waals surface area contributed by atoms with Crippen LogP contribution in [-0.4, -0.2) is 28.2 Å². The zero-order valence-electron chi connectivity index (χ0n) is 9.88. The topological polar surface area (TPSA) is 29.5 Å². The van der Waals surface area contributed by atoms with Crippen LogP contribution in [0, 0.1) is 5.92 Å². The molecule has 0 bridgehead atoms. The Hall–Kier alpha value is 0.400. The average molecular weight is 267 g/mol. The van der Waals surface area contributed by atoms with Crippen LogP contribution in [0.5, 0.6) is 0 Å². The SMILES string of the molecule is CCC(O)(CBr)C(OC(C)C)C(C)C. The second-order valence-electron chi connectivity index (χ2n) is 4.44. The molecule has 0 rings (SSSR count). The Morgan fingerprint density at radius 3 is 2.00 bits per heavy atom. The molecule has 0 saturated carbocycles. The molecule has 3 heteroatoms. The highest BCUT2D eigenvalue weighted by atomic mass is 79.9. The van der Waals surface area contributed by atoms with Crippen molar-refractivity contribution >= 4 is 15.9 Å². The Morgan fingerprint density at radius 1 is 1.29 bits per heavy atom. The fourth-order valence-corrected chi connectivity index (χ4v) is 2.28. The molecule has 0 heterocycles. The van der Waals surface area contributed by atoms with Crippen molar-refractivity contribution in [3.8, 4) is 0 Å². The molecule has 0 saturated heterocycles. The van der Waals surface area contributed by atoms with Crippen molar-refractivity contribution in [3.05, 3.63) is 0 Å². The predicted molar refractivity (Wildman–Crippen MR) is 63.9 cm³/mol. The minimum Gasteiger partial charge on any atom is -0.386 e. The maximum absolute atomic E-state index is 10.3. The van der Waals surface area contributed by atoms with Crippen LogP contribution >= 0.6 is 15.9 Å². The van der Waals surface area contributed by atoms with Crippen molar-refractivity contribution < 1.29 is 9.84 Å². The van der Waals surface area contributed by atoms with E-state index in [-0.39, 0.29) is 12.2 Å². The maximum Gasteiger partial charge on any atom is 0.100 e. The number of aliphatic hydroxyl groups is 1. The predicted octanol–water partition coefficient (Wildman–Crippen LogP) is 2.97. The fourth-order valence-electron chi connectivity index (χ4n) is 1.57. The highest BCUT2D eigenvalue weighted by Crippen LogP contribution is 2.27. The Kier molecular flexibility index (Phi) is 6.26. The molecule has 0 amide bonds. The summed E-state index contributed by atoms with van der Waals surface area (Å²) in [6.45, 7) is 10.1. The van der Waals surface area contributed by atoms with E-state index >= 15 is 0 Å². The third-order valence-corrected chi connectivity index (χ3v) is 3.37. The van der Waals surface area contributed by atoms with Gasteiger partial charge >= 0.3 is 0 Å². The van der Waals surface area contributed by atoms with E-state index in [1.165, 1.54) is 0 Å². The maximum atomic E-state index is 10.3. The number of alkyl halides is 1. The second-order valence-corrected chi connectivity index (χ2v) is 5.00. The lowest BCUT2D eigenvalue weighted by molar-refractivity contribution is -0.135. The van der Waals surface area contributed by atoms with Gasteiger partial charge in [-0.2, -0.15) is 0 Å². The van der Waals surface area contributed by atoms with Gasteiger partial charge in [0, 0.05) is 5.33 Å². The summed E-state index contributed by atoms with van der Waals surface area (Å²) in [4.78, 5) is 0. The molecule has 14 heavy (non-hydrogen) atoms. The average Bonchev–Trinajstić information content (AvgIpc) is 2.12. The molecule has 0 aliphatic rings. The van der Waals surface area contributed by atoms with Crippen molar-refractivity contribution in [1.29, 1.82) is 0 Å². The third kappa shape index (κ3) is 3.87. The van der Waals surface area contributed by atoms with Crippen LogP contribution in [0.1, 0.15) is 41.0 Å². The highest BCUT2D eigenvalue weighted by molar-refractivity contribution is 9.09. The van der Waals surface area contributed by atoms with Crippen LogP contribution in [0.15, 0.2) is 0 Å². The van der Waals surface area contributed by atoms with E-state index in [1.54, 1.807) is 0 Å². The molecule has 0 aliphatic heterocycles. The Labute approximate surface area is 96.2 Å². The minimum absolute atomic E-state index is 0.105. The van der Waals surface area contributed by atoms with Crippen molar-refractivity contribution in [1.82, 2.24) is 0 Å². The molecule has 0 aliphatic carbocycles. The molecule has 0 aromatic heterocycles. The number of hydrogen-bond donors (Lipinski definition) is 1. The van der Waals surface area contributed by atoms with Crippen LogP contribution in [-0.2, 0) is 4.74 Å². The van der Waals surface area contributed by atoms with E-state index in [0.717, 1.165) is 0 Å². The molecule has 0 fully saturated rings. The van der Waals surface area contributed by atoms with E-state index in [1.807, 2.05) is 20.8 Å². The van der Waals surface area contributed by atoms with Crippen LogP contribution in [0.4, 0.5) is 0 Å². The van der Waals surface area contributed by atoms with Gasteiger partial charge in [-0.3, -0.25) is 0 Å². The van der Waals surface area contributed by atoms with E-state index in [2.05, 4.69) is 29.8 Å². The zero-order valence-corrected chi connectivity index (χ0v) is 11.5. The Balaban J connectivity index is 4.61. The standard InChI is InChI=1S/C11H23BrO2/c1-6-11(13,7-12)10(8(2)3)14-9(4)5/h8-10,13H,6-7H2,1-5H3. The molecule has 86 valence electrons. The first-order valence-electron chi connectivity index (χ1n) is 5.31. The molecule has 0 aromatic rings. The first-order chi connectivity index (χ1) is 6.37. The first kappa shape index (κ1) is 14.4. The summed E-state index contributed by atoms with van der Waals surface area (Å²) in [6.07, 6.45) is 0.750. The molecule has 2 nitrogen and oxygen atoms in total. The van der Waals surface area contributed by atoms with Gasteiger partial charge in [0.1, 0.15) is 5.60 Å². The molecular formula is C11H23BrO2. The van der Waals surface area contributed by atoms with Gasteiger partial charge < -0.3 is 9.84 Å². The van der Waals surface area contributed by atoms with Gasteiger partial charge in [0.15, 0.2) is 0 Å². The second kappa shape index (κ2) is 6.09. The van der Waals surface area contributed by atoms with Crippen LogP contribution in [0.3, 0.4) is 0 Å². The molecule has 0 aromatic carbocycles. The monoisotopic (exact) mass is 266 g/mol. The van der Waals surface area contributed by atoms with Gasteiger partial charge in [-0.1, -0.05) is 36.7 Å². The van der Waals surface area contributed by atoms with Gasteiger partial charge in [0.25, 0.3) is 0 Å².